The first-order chi connectivity index (χ1) is 12.8. The van der Waals surface area contributed by atoms with E-state index < -0.39 is 17.5 Å². The number of aryl methyl sites for hydroxylation is 2. The number of amides is 4. The maximum Gasteiger partial charge on any atom is 0.325 e. The van der Waals surface area contributed by atoms with Crippen molar-refractivity contribution in [1.82, 2.24) is 15.2 Å². The maximum atomic E-state index is 12.6. The van der Waals surface area contributed by atoms with Crippen LogP contribution in [0.5, 0.6) is 0 Å². The third kappa shape index (κ3) is 3.61. The molecule has 0 unspecified atom stereocenters. The zero-order valence-corrected chi connectivity index (χ0v) is 17.3. The van der Waals surface area contributed by atoms with E-state index in [1.54, 1.807) is 11.3 Å². The summed E-state index contributed by atoms with van der Waals surface area (Å²) >= 11 is 3.02. The van der Waals surface area contributed by atoms with Crippen molar-refractivity contribution >= 4 is 45.7 Å². The van der Waals surface area contributed by atoms with Gasteiger partial charge in [0, 0.05) is 20.7 Å². The van der Waals surface area contributed by atoms with Crippen molar-refractivity contribution in [2.45, 2.75) is 46.1 Å². The number of thiophene rings is 1. The second-order valence-corrected chi connectivity index (χ2v) is 8.84. The second-order valence-electron chi connectivity index (χ2n) is 6.52. The van der Waals surface area contributed by atoms with Gasteiger partial charge in [-0.1, -0.05) is 13.8 Å². The Morgan fingerprint density at radius 3 is 2.56 bits per heavy atom. The van der Waals surface area contributed by atoms with Crippen LogP contribution in [0.1, 0.15) is 36.4 Å². The summed E-state index contributed by atoms with van der Waals surface area (Å²) in [5.74, 6) is -0.794. The van der Waals surface area contributed by atoms with Gasteiger partial charge < -0.3 is 10.6 Å². The van der Waals surface area contributed by atoms with Crippen molar-refractivity contribution in [3.05, 3.63) is 21.2 Å². The highest BCUT2D eigenvalue weighted by molar-refractivity contribution is 7.14. The van der Waals surface area contributed by atoms with Crippen LogP contribution >= 0.6 is 22.7 Å². The number of urea groups is 1. The number of hydrogen-bond acceptors (Lipinski definition) is 6. The summed E-state index contributed by atoms with van der Waals surface area (Å²) in [6.45, 7) is 7.45. The van der Waals surface area contributed by atoms with Crippen LogP contribution in [0.3, 0.4) is 0 Å². The number of carbonyl (C=O) groups is 3. The predicted molar refractivity (Wildman–Crippen MR) is 107 cm³/mol. The van der Waals surface area contributed by atoms with Crippen LogP contribution in [0, 0.1) is 13.8 Å². The lowest BCUT2D eigenvalue weighted by Gasteiger charge is -2.22. The topological polar surface area (TPSA) is 91.4 Å². The molecule has 9 heteroatoms. The van der Waals surface area contributed by atoms with Crippen molar-refractivity contribution in [2.75, 3.05) is 11.9 Å². The Morgan fingerprint density at radius 1 is 1.30 bits per heavy atom. The van der Waals surface area contributed by atoms with Gasteiger partial charge in [0.15, 0.2) is 5.13 Å². The highest BCUT2D eigenvalue weighted by Gasteiger charge is 2.49. The van der Waals surface area contributed by atoms with Crippen molar-refractivity contribution < 1.29 is 14.4 Å². The number of nitrogens with one attached hydrogen (secondary N) is 2. The minimum atomic E-state index is -0.903. The second kappa shape index (κ2) is 7.40. The molecule has 1 aliphatic rings. The molecule has 3 rings (SSSR count). The Hall–Kier alpha value is -2.26. The number of hydrogen-bond donors (Lipinski definition) is 2. The molecular formula is C18H22N4O3S2. The number of anilines is 1. The van der Waals surface area contributed by atoms with Crippen molar-refractivity contribution in [2.24, 2.45) is 0 Å². The van der Waals surface area contributed by atoms with Crippen molar-refractivity contribution in [3.63, 3.8) is 0 Å². The highest BCUT2D eigenvalue weighted by Crippen LogP contribution is 2.32. The SMILES string of the molecule is CCC1(CC)NC(=O)N(CC(=O)Nc2nc(-c3cc(C)sc3C)cs2)C1=O. The Labute approximate surface area is 165 Å². The fourth-order valence-electron chi connectivity index (χ4n) is 3.19. The highest BCUT2D eigenvalue weighted by atomic mass is 32.1. The number of aromatic nitrogens is 1. The van der Waals surface area contributed by atoms with E-state index in [0.717, 1.165) is 16.2 Å². The molecule has 2 aromatic rings. The molecule has 1 fully saturated rings. The molecular weight excluding hydrogens is 384 g/mol. The largest absolute Gasteiger partial charge is 0.325 e. The van der Waals surface area contributed by atoms with Gasteiger partial charge in [-0.2, -0.15) is 0 Å². The zero-order chi connectivity index (χ0) is 19.8. The summed E-state index contributed by atoms with van der Waals surface area (Å²) in [5, 5.41) is 7.74. The first kappa shape index (κ1) is 19.5. The summed E-state index contributed by atoms with van der Waals surface area (Å²) in [6, 6.07) is 1.55. The lowest BCUT2D eigenvalue weighted by molar-refractivity contribution is -0.134. The Balaban J connectivity index is 1.68. The van der Waals surface area contributed by atoms with E-state index in [2.05, 4.69) is 21.7 Å². The molecule has 1 aliphatic heterocycles. The van der Waals surface area contributed by atoms with Gasteiger partial charge in [-0.3, -0.25) is 14.5 Å². The maximum absolute atomic E-state index is 12.6. The minimum Gasteiger partial charge on any atom is -0.323 e. The average molecular weight is 407 g/mol. The Bertz CT molecular complexity index is 898. The number of carbonyl (C=O) groups excluding carboxylic acids is 3. The standard InChI is InChI=1S/C18H22N4O3S2/c1-5-18(6-2)15(24)22(17(25)21-18)8-14(23)20-16-19-13(9-26-16)12-7-10(3)27-11(12)4/h7,9H,5-6,8H2,1-4H3,(H,21,25)(H,19,20,23). The summed E-state index contributed by atoms with van der Waals surface area (Å²) in [6.07, 6.45) is 0.975. The van der Waals surface area contributed by atoms with E-state index in [1.165, 1.54) is 21.1 Å². The fourth-order valence-corrected chi connectivity index (χ4v) is 4.85. The Morgan fingerprint density at radius 2 is 2.00 bits per heavy atom. The molecule has 2 aromatic heterocycles. The van der Waals surface area contributed by atoms with E-state index >= 15 is 0 Å². The molecule has 3 heterocycles. The minimum absolute atomic E-state index is 0.322. The van der Waals surface area contributed by atoms with Gasteiger partial charge in [-0.15, -0.1) is 22.7 Å². The summed E-state index contributed by atoms with van der Waals surface area (Å²) in [7, 11) is 0. The number of thiazole rings is 1. The fraction of sp³-hybridized carbons (Fsp3) is 0.444. The normalized spacial score (nSPS) is 15.9. The van der Waals surface area contributed by atoms with Gasteiger partial charge in [0.05, 0.1) is 5.69 Å². The monoisotopic (exact) mass is 406 g/mol. The predicted octanol–water partition coefficient (Wildman–Crippen LogP) is 3.54. The number of imide groups is 1. The average Bonchev–Trinajstić information content (AvgIpc) is 3.27. The first-order valence-corrected chi connectivity index (χ1v) is 10.5. The molecule has 0 aromatic carbocycles. The van der Waals surface area contributed by atoms with Crippen LogP contribution in [-0.4, -0.2) is 39.8 Å². The van der Waals surface area contributed by atoms with Crippen molar-refractivity contribution in [3.8, 4) is 11.3 Å². The molecule has 7 nitrogen and oxygen atoms in total. The van der Waals surface area contributed by atoms with Gasteiger partial charge in [0.25, 0.3) is 5.91 Å². The molecule has 0 atom stereocenters. The molecule has 4 amide bonds. The van der Waals surface area contributed by atoms with Gasteiger partial charge in [-0.25, -0.2) is 9.78 Å². The van der Waals surface area contributed by atoms with Gasteiger partial charge in [-0.05, 0) is 32.8 Å². The quantitative estimate of drug-likeness (QED) is 0.718. The van der Waals surface area contributed by atoms with Crippen molar-refractivity contribution in [1.29, 1.82) is 0 Å². The lowest BCUT2D eigenvalue weighted by Crippen LogP contribution is -2.46. The van der Waals surface area contributed by atoms with E-state index in [1.807, 2.05) is 33.1 Å². The van der Waals surface area contributed by atoms with Gasteiger partial charge in [0.2, 0.25) is 5.91 Å². The number of nitrogens with zero attached hydrogens (tertiary/aromatic N) is 2. The molecule has 0 aliphatic carbocycles. The lowest BCUT2D eigenvalue weighted by atomic mass is 9.93. The smallest absolute Gasteiger partial charge is 0.323 e. The van der Waals surface area contributed by atoms with E-state index in [-0.39, 0.29) is 12.5 Å². The van der Waals surface area contributed by atoms with Crippen LogP contribution in [0.25, 0.3) is 11.3 Å². The van der Waals surface area contributed by atoms with Gasteiger partial charge >= 0.3 is 6.03 Å². The van der Waals surface area contributed by atoms with Crippen LogP contribution in [-0.2, 0) is 9.59 Å². The third-order valence-electron chi connectivity index (χ3n) is 4.82. The first-order valence-electron chi connectivity index (χ1n) is 8.76. The van der Waals surface area contributed by atoms with Crippen LogP contribution in [0.2, 0.25) is 0 Å². The molecule has 144 valence electrons. The van der Waals surface area contributed by atoms with Crippen LogP contribution < -0.4 is 10.6 Å². The summed E-state index contributed by atoms with van der Waals surface area (Å²) in [4.78, 5) is 44.9. The zero-order valence-electron chi connectivity index (χ0n) is 15.7. The molecule has 0 saturated carbocycles. The molecule has 2 N–H and O–H groups in total. The summed E-state index contributed by atoms with van der Waals surface area (Å²) < 4.78 is 0. The molecule has 0 radical (unpaired) electrons. The third-order valence-corrected chi connectivity index (χ3v) is 6.55. The molecule has 1 saturated heterocycles. The Kier molecular flexibility index (Phi) is 5.34. The van der Waals surface area contributed by atoms with Crippen LogP contribution in [0.15, 0.2) is 11.4 Å². The molecule has 0 bridgehead atoms. The van der Waals surface area contributed by atoms with E-state index in [0.29, 0.717) is 18.0 Å². The summed E-state index contributed by atoms with van der Waals surface area (Å²) in [5.41, 5.74) is 0.960. The number of rotatable bonds is 6. The van der Waals surface area contributed by atoms with E-state index in [9.17, 15) is 14.4 Å². The molecule has 0 spiro atoms. The van der Waals surface area contributed by atoms with E-state index in [4.69, 9.17) is 0 Å². The molecule has 27 heavy (non-hydrogen) atoms. The van der Waals surface area contributed by atoms with Crippen LogP contribution in [0.4, 0.5) is 9.93 Å². The van der Waals surface area contributed by atoms with Gasteiger partial charge in [0.1, 0.15) is 12.1 Å².